The van der Waals surface area contributed by atoms with Gasteiger partial charge in [0.25, 0.3) is 0 Å². The molecule has 7 heteroatoms. The summed E-state index contributed by atoms with van der Waals surface area (Å²) in [7, 11) is 3.14. The van der Waals surface area contributed by atoms with Gasteiger partial charge < -0.3 is 24.8 Å². The van der Waals surface area contributed by atoms with Crippen molar-refractivity contribution in [3.8, 4) is 17.2 Å². The average Bonchev–Trinajstić information content (AvgIpc) is 2.79. The molecule has 0 bridgehead atoms. The molecule has 7 nitrogen and oxygen atoms in total. The van der Waals surface area contributed by atoms with Crippen molar-refractivity contribution in [2.45, 2.75) is 32.2 Å². The van der Waals surface area contributed by atoms with Crippen molar-refractivity contribution in [2.24, 2.45) is 0 Å². The fraction of sp³-hybridized carbons (Fsp3) is 0.458. The first-order valence-electron chi connectivity index (χ1n) is 10.9. The summed E-state index contributed by atoms with van der Waals surface area (Å²) < 4.78 is 16.3. The smallest absolute Gasteiger partial charge is 0.319 e. The van der Waals surface area contributed by atoms with Crippen LogP contribution in [0, 0.1) is 0 Å². The molecule has 0 aromatic heterocycles. The first-order valence-corrected chi connectivity index (χ1v) is 10.9. The predicted molar refractivity (Wildman–Crippen MR) is 122 cm³/mol. The number of nitrogens with zero attached hydrogens (tertiary/aromatic N) is 1. The van der Waals surface area contributed by atoms with Gasteiger partial charge in [-0.05, 0) is 62.2 Å². The lowest BCUT2D eigenvalue weighted by atomic mass is 10.1. The number of nitrogens with one attached hydrogen (secondary N) is 2. The molecule has 1 heterocycles. The first kappa shape index (κ1) is 22.7. The summed E-state index contributed by atoms with van der Waals surface area (Å²) in [6, 6.07) is 13.2. The Morgan fingerprint density at radius 2 is 1.84 bits per heavy atom. The lowest BCUT2D eigenvalue weighted by Crippen LogP contribution is -2.30. The number of hydrogen-bond acceptors (Lipinski definition) is 5. The highest BCUT2D eigenvalue weighted by atomic mass is 16.5. The van der Waals surface area contributed by atoms with Crippen molar-refractivity contribution in [3.05, 3.63) is 48.0 Å². The summed E-state index contributed by atoms with van der Waals surface area (Å²) in [5, 5.41) is 5.63. The zero-order chi connectivity index (χ0) is 21.9. The number of rotatable bonds is 10. The molecule has 3 rings (SSSR count). The largest absolute Gasteiger partial charge is 0.497 e. The van der Waals surface area contributed by atoms with E-state index in [0.29, 0.717) is 36.8 Å². The molecule has 1 aliphatic heterocycles. The van der Waals surface area contributed by atoms with Crippen LogP contribution in [-0.2, 0) is 6.54 Å². The fourth-order valence-corrected chi connectivity index (χ4v) is 3.65. The van der Waals surface area contributed by atoms with Crippen LogP contribution in [0.4, 0.5) is 10.5 Å². The standard InChI is InChI=1S/C24H33N3O4/c1-29-20-10-11-23(30-2)22(17-20)26-24(28)25-12-7-15-31-21-9-6-8-19(16-21)18-27-13-4-3-5-14-27/h6,8-11,16-17H,3-5,7,12-15,18H2,1-2H3,(H2,25,26,28). The number of anilines is 1. The molecule has 0 saturated carbocycles. The Kier molecular flexibility index (Phi) is 8.84. The maximum atomic E-state index is 12.2. The van der Waals surface area contributed by atoms with Crippen LogP contribution in [0.1, 0.15) is 31.2 Å². The highest BCUT2D eigenvalue weighted by molar-refractivity contribution is 5.91. The molecule has 2 aromatic rings. The van der Waals surface area contributed by atoms with Gasteiger partial charge in [0.2, 0.25) is 0 Å². The van der Waals surface area contributed by atoms with Crippen molar-refractivity contribution in [3.63, 3.8) is 0 Å². The maximum Gasteiger partial charge on any atom is 0.319 e. The molecular formula is C24H33N3O4. The molecule has 0 atom stereocenters. The van der Waals surface area contributed by atoms with Gasteiger partial charge in [-0.2, -0.15) is 0 Å². The fourth-order valence-electron chi connectivity index (χ4n) is 3.65. The van der Waals surface area contributed by atoms with E-state index in [1.165, 1.54) is 37.9 Å². The molecule has 1 saturated heterocycles. The van der Waals surface area contributed by atoms with Gasteiger partial charge in [0.1, 0.15) is 17.2 Å². The number of carbonyl (C=O) groups excluding carboxylic acids is 1. The molecular weight excluding hydrogens is 394 g/mol. The molecule has 2 N–H and O–H groups in total. The number of likely N-dealkylation sites (tertiary alicyclic amines) is 1. The zero-order valence-electron chi connectivity index (χ0n) is 18.5. The lowest BCUT2D eigenvalue weighted by molar-refractivity contribution is 0.220. The van der Waals surface area contributed by atoms with Crippen molar-refractivity contribution in [1.29, 1.82) is 0 Å². The van der Waals surface area contributed by atoms with Gasteiger partial charge in [-0.3, -0.25) is 4.90 Å². The minimum Gasteiger partial charge on any atom is -0.497 e. The van der Waals surface area contributed by atoms with Crippen molar-refractivity contribution in [1.82, 2.24) is 10.2 Å². The van der Waals surface area contributed by atoms with E-state index < -0.39 is 0 Å². The minimum atomic E-state index is -0.296. The second kappa shape index (κ2) is 12.1. The highest BCUT2D eigenvalue weighted by Crippen LogP contribution is 2.28. The maximum absolute atomic E-state index is 12.2. The number of piperidine rings is 1. The van der Waals surface area contributed by atoms with Crippen LogP contribution in [0.25, 0.3) is 0 Å². The second-order valence-electron chi connectivity index (χ2n) is 7.63. The third-order valence-electron chi connectivity index (χ3n) is 5.28. The van der Waals surface area contributed by atoms with E-state index in [9.17, 15) is 4.79 Å². The van der Waals surface area contributed by atoms with Gasteiger partial charge in [0.05, 0.1) is 26.5 Å². The number of carbonyl (C=O) groups is 1. The molecule has 2 amide bonds. The molecule has 0 aliphatic carbocycles. The normalized spacial score (nSPS) is 14.0. The molecule has 168 valence electrons. The van der Waals surface area contributed by atoms with Gasteiger partial charge >= 0.3 is 6.03 Å². The summed E-state index contributed by atoms with van der Waals surface area (Å²) in [4.78, 5) is 14.7. The molecule has 0 radical (unpaired) electrons. The third-order valence-corrected chi connectivity index (χ3v) is 5.28. The Labute approximate surface area is 184 Å². The summed E-state index contributed by atoms with van der Waals surface area (Å²) in [6.45, 7) is 4.38. The van der Waals surface area contributed by atoms with Crippen molar-refractivity contribution >= 4 is 11.7 Å². The third kappa shape index (κ3) is 7.36. The second-order valence-corrected chi connectivity index (χ2v) is 7.63. The summed E-state index contributed by atoms with van der Waals surface area (Å²) in [5.41, 5.74) is 1.84. The van der Waals surface area contributed by atoms with E-state index in [-0.39, 0.29) is 6.03 Å². The molecule has 1 fully saturated rings. The van der Waals surface area contributed by atoms with Crippen LogP contribution in [0.3, 0.4) is 0 Å². The number of amides is 2. The molecule has 31 heavy (non-hydrogen) atoms. The number of hydrogen-bond donors (Lipinski definition) is 2. The van der Waals surface area contributed by atoms with Gasteiger partial charge in [0.15, 0.2) is 0 Å². The van der Waals surface area contributed by atoms with Gasteiger partial charge in [-0.15, -0.1) is 0 Å². The highest BCUT2D eigenvalue weighted by Gasteiger charge is 2.11. The van der Waals surface area contributed by atoms with Crippen LogP contribution < -0.4 is 24.8 Å². The van der Waals surface area contributed by atoms with Gasteiger partial charge in [-0.1, -0.05) is 18.6 Å². The average molecular weight is 428 g/mol. The van der Waals surface area contributed by atoms with Crippen molar-refractivity contribution < 1.29 is 19.0 Å². The number of methoxy groups -OCH3 is 2. The van der Waals surface area contributed by atoms with E-state index in [4.69, 9.17) is 14.2 Å². The quantitative estimate of drug-likeness (QED) is 0.554. The van der Waals surface area contributed by atoms with Crippen LogP contribution in [0.15, 0.2) is 42.5 Å². The number of urea groups is 1. The molecule has 2 aromatic carbocycles. The van der Waals surface area contributed by atoms with E-state index >= 15 is 0 Å². The molecule has 1 aliphatic rings. The monoisotopic (exact) mass is 427 g/mol. The Morgan fingerprint density at radius 1 is 1.00 bits per heavy atom. The first-order chi connectivity index (χ1) is 15.2. The Hall–Kier alpha value is -2.93. The predicted octanol–water partition coefficient (Wildman–Crippen LogP) is 4.28. The van der Waals surface area contributed by atoms with Crippen LogP contribution in [0.2, 0.25) is 0 Å². The Morgan fingerprint density at radius 3 is 2.61 bits per heavy atom. The Bertz CT molecular complexity index is 837. The zero-order valence-corrected chi connectivity index (χ0v) is 18.5. The van der Waals surface area contributed by atoms with Crippen LogP contribution >= 0.6 is 0 Å². The molecule has 0 spiro atoms. The van der Waals surface area contributed by atoms with Gasteiger partial charge in [-0.25, -0.2) is 4.79 Å². The van der Waals surface area contributed by atoms with Gasteiger partial charge in [0, 0.05) is 19.2 Å². The van der Waals surface area contributed by atoms with E-state index in [1.807, 2.05) is 12.1 Å². The van der Waals surface area contributed by atoms with E-state index in [0.717, 1.165) is 12.3 Å². The topological polar surface area (TPSA) is 72.1 Å². The van der Waals surface area contributed by atoms with Crippen LogP contribution in [-0.4, -0.2) is 51.4 Å². The van der Waals surface area contributed by atoms with E-state index in [2.05, 4.69) is 27.7 Å². The van der Waals surface area contributed by atoms with Crippen molar-refractivity contribution in [2.75, 3.05) is 45.8 Å². The number of benzene rings is 2. The SMILES string of the molecule is COc1ccc(OC)c(NC(=O)NCCCOc2cccc(CN3CCCCC3)c2)c1. The summed E-state index contributed by atoms with van der Waals surface area (Å²) in [5.74, 6) is 2.09. The van der Waals surface area contributed by atoms with E-state index in [1.54, 1.807) is 32.4 Å². The lowest BCUT2D eigenvalue weighted by Gasteiger charge is -2.26. The minimum absolute atomic E-state index is 0.296. The summed E-state index contributed by atoms with van der Waals surface area (Å²) in [6.07, 6.45) is 4.64. The Balaban J connectivity index is 1.37. The molecule has 0 unspecified atom stereocenters. The summed E-state index contributed by atoms with van der Waals surface area (Å²) >= 11 is 0. The number of ether oxygens (including phenoxy) is 3. The van der Waals surface area contributed by atoms with Crippen LogP contribution in [0.5, 0.6) is 17.2 Å².